The molecule has 1 aromatic heterocycles. The number of alkyl halides is 3. The van der Waals surface area contributed by atoms with E-state index in [1.807, 2.05) is 0 Å². The van der Waals surface area contributed by atoms with Gasteiger partial charge in [0.05, 0.1) is 13.2 Å². The van der Waals surface area contributed by atoms with Crippen molar-refractivity contribution in [1.29, 1.82) is 0 Å². The second-order valence-electron chi connectivity index (χ2n) is 3.48. The van der Waals surface area contributed by atoms with Gasteiger partial charge in [-0.25, -0.2) is 0 Å². The van der Waals surface area contributed by atoms with E-state index >= 15 is 0 Å². The van der Waals surface area contributed by atoms with Gasteiger partial charge in [0.15, 0.2) is 0 Å². The maximum absolute atomic E-state index is 12.3. The van der Waals surface area contributed by atoms with Gasteiger partial charge in [-0.05, 0) is 0 Å². The molecule has 0 aliphatic carbocycles. The number of amides is 1. The Morgan fingerprint density at radius 1 is 1.47 bits per heavy atom. The first kappa shape index (κ1) is 16.1. The summed E-state index contributed by atoms with van der Waals surface area (Å²) in [6.45, 7) is 1.19. The molecule has 0 saturated carbocycles. The molecule has 0 spiro atoms. The molecule has 6 nitrogen and oxygen atoms in total. The Hall–Kier alpha value is -0.970. The summed E-state index contributed by atoms with van der Waals surface area (Å²) in [5.74, 6) is -0.487. The van der Waals surface area contributed by atoms with E-state index in [4.69, 9.17) is 4.74 Å². The molecule has 0 aromatic carbocycles. The van der Waals surface area contributed by atoms with Crippen LogP contribution in [-0.2, 0) is 15.7 Å². The van der Waals surface area contributed by atoms with Gasteiger partial charge in [-0.15, -0.1) is 22.6 Å². The highest BCUT2D eigenvalue weighted by Crippen LogP contribution is 2.32. The van der Waals surface area contributed by atoms with Gasteiger partial charge >= 0.3 is 6.18 Å². The lowest BCUT2D eigenvalue weighted by Gasteiger charge is -2.22. The molecule has 108 valence electrons. The number of carbonyl (C=O) groups excluding carboxylic acids is 1. The van der Waals surface area contributed by atoms with Crippen LogP contribution in [0.2, 0.25) is 0 Å². The first-order valence-electron chi connectivity index (χ1n) is 4.99. The lowest BCUT2D eigenvalue weighted by atomic mass is 10.2. The van der Waals surface area contributed by atoms with Crippen LogP contribution in [-0.4, -0.2) is 41.9 Å². The molecule has 0 bridgehead atoms. The van der Waals surface area contributed by atoms with E-state index < -0.39 is 23.1 Å². The number of nitrogens with zero attached hydrogens (tertiary/aromatic N) is 2. The Morgan fingerprint density at radius 3 is 2.74 bits per heavy atom. The van der Waals surface area contributed by atoms with Gasteiger partial charge < -0.3 is 10.1 Å². The van der Waals surface area contributed by atoms with Crippen LogP contribution >= 0.6 is 23.7 Å². The lowest BCUT2D eigenvalue weighted by Crippen LogP contribution is -2.48. The summed E-state index contributed by atoms with van der Waals surface area (Å²) in [4.78, 5) is 11.6. The standard InChI is InChI=1S/C8H9F3N4O2S.ClH/c9-8(10,11)6-14-15-7(18-6)13-5(16)4-3-17-2-1-12-4;/h4,12H,1-3H2,(H,13,15,16);1H. The van der Waals surface area contributed by atoms with Gasteiger partial charge in [0, 0.05) is 6.54 Å². The van der Waals surface area contributed by atoms with Gasteiger partial charge in [0.2, 0.25) is 16.0 Å². The summed E-state index contributed by atoms with van der Waals surface area (Å²) >= 11 is 0.284. The summed E-state index contributed by atoms with van der Waals surface area (Å²) in [6, 6.07) is -0.586. The predicted molar refractivity (Wildman–Crippen MR) is 63.4 cm³/mol. The Kier molecular flexibility index (Phi) is 5.47. The average Bonchev–Trinajstić information content (AvgIpc) is 2.78. The molecule has 2 rings (SSSR count). The molecular formula is C8H10ClF3N4O2S. The number of hydrogen-bond donors (Lipinski definition) is 2. The molecule has 1 aliphatic heterocycles. The molecule has 2 N–H and O–H groups in total. The van der Waals surface area contributed by atoms with E-state index in [1.54, 1.807) is 0 Å². The van der Waals surface area contributed by atoms with Crippen LogP contribution in [0.3, 0.4) is 0 Å². The number of aromatic nitrogens is 2. The van der Waals surface area contributed by atoms with Crippen LogP contribution in [0.15, 0.2) is 0 Å². The minimum absolute atomic E-state index is 0. The molecule has 1 amide bonds. The Labute approximate surface area is 116 Å². The number of hydrogen-bond acceptors (Lipinski definition) is 6. The Balaban J connectivity index is 0.00000180. The fourth-order valence-electron chi connectivity index (χ4n) is 1.31. The zero-order chi connectivity index (χ0) is 13.2. The Bertz CT molecular complexity index is 436. The minimum Gasteiger partial charge on any atom is -0.378 e. The van der Waals surface area contributed by atoms with Crippen LogP contribution in [0, 0.1) is 0 Å². The molecule has 1 saturated heterocycles. The maximum Gasteiger partial charge on any atom is 0.445 e. The smallest absolute Gasteiger partial charge is 0.378 e. The number of carbonyl (C=O) groups is 1. The monoisotopic (exact) mass is 318 g/mol. The van der Waals surface area contributed by atoms with Crippen molar-refractivity contribution in [2.75, 3.05) is 25.1 Å². The van der Waals surface area contributed by atoms with E-state index in [1.165, 1.54) is 0 Å². The van der Waals surface area contributed by atoms with Gasteiger partial charge in [0.1, 0.15) is 6.04 Å². The van der Waals surface area contributed by atoms with E-state index in [9.17, 15) is 18.0 Å². The van der Waals surface area contributed by atoms with Crippen LogP contribution in [0.25, 0.3) is 0 Å². The highest BCUT2D eigenvalue weighted by atomic mass is 35.5. The molecule has 19 heavy (non-hydrogen) atoms. The number of ether oxygens (including phenoxy) is 1. The Morgan fingerprint density at radius 2 is 2.21 bits per heavy atom. The first-order chi connectivity index (χ1) is 8.47. The fraction of sp³-hybridized carbons (Fsp3) is 0.625. The van der Waals surface area contributed by atoms with Crippen LogP contribution < -0.4 is 10.6 Å². The molecule has 0 radical (unpaired) electrons. The predicted octanol–water partition coefficient (Wildman–Crippen LogP) is 0.906. The summed E-state index contributed by atoms with van der Waals surface area (Å²) < 4.78 is 41.8. The third kappa shape index (κ3) is 4.27. The topological polar surface area (TPSA) is 76.1 Å². The number of nitrogens with one attached hydrogen (secondary N) is 2. The van der Waals surface area contributed by atoms with Gasteiger partial charge in [-0.3, -0.25) is 10.1 Å². The van der Waals surface area contributed by atoms with Crippen molar-refractivity contribution in [3.63, 3.8) is 0 Å². The van der Waals surface area contributed by atoms with Crippen molar-refractivity contribution in [2.45, 2.75) is 12.2 Å². The molecule has 11 heteroatoms. The van der Waals surface area contributed by atoms with Crippen molar-refractivity contribution >= 4 is 34.8 Å². The lowest BCUT2D eigenvalue weighted by molar-refractivity contribution is -0.138. The second kappa shape index (κ2) is 6.46. The number of halogens is 4. The van der Waals surface area contributed by atoms with Gasteiger partial charge in [-0.2, -0.15) is 13.2 Å². The van der Waals surface area contributed by atoms with Crippen LogP contribution in [0.1, 0.15) is 5.01 Å². The second-order valence-corrected chi connectivity index (χ2v) is 4.46. The minimum atomic E-state index is -4.55. The third-order valence-corrected chi connectivity index (χ3v) is 3.02. The van der Waals surface area contributed by atoms with Crippen LogP contribution in [0.4, 0.5) is 18.3 Å². The van der Waals surface area contributed by atoms with Crippen LogP contribution in [0.5, 0.6) is 0 Å². The first-order valence-corrected chi connectivity index (χ1v) is 5.81. The quantitative estimate of drug-likeness (QED) is 0.847. The number of anilines is 1. The SMILES string of the molecule is Cl.O=C(Nc1nnc(C(F)(F)F)s1)C1COCCN1. The van der Waals surface area contributed by atoms with Gasteiger partial charge in [0.25, 0.3) is 0 Å². The van der Waals surface area contributed by atoms with Crippen molar-refractivity contribution in [2.24, 2.45) is 0 Å². The zero-order valence-corrected chi connectivity index (χ0v) is 11.0. The molecule has 1 fully saturated rings. The molecular weight excluding hydrogens is 309 g/mol. The zero-order valence-electron chi connectivity index (χ0n) is 9.36. The van der Waals surface area contributed by atoms with Crippen molar-refractivity contribution < 1.29 is 22.7 Å². The van der Waals surface area contributed by atoms with E-state index in [0.29, 0.717) is 13.2 Å². The number of rotatable bonds is 2. The van der Waals surface area contributed by atoms with E-state index in [-0.39, 0.29) is 35.5 Å². The van der Waals surface area contributed by atoms with E-state index in [2.05, 4.69) is 20.8 Å². The normalized spacial score (nSPS) is 19.6. The molecule has 1 unspecified atom stereocenters. The number of morpholine rings is 1. The van der Waals surface area contributed by atoms with Gasteiger partial charge in [-0.1, -0.05) is 11.3 Å². The van der Waals surface area contributed by atoms with Crippen molar-refractivity contribution in [3.05, 3.63) is 5.01 Å². The summed E-state index contributed by atoms with van der Waals surface area (Å²) in [7, 11) is 0. The largest absolute Gasteiger partial charge is 0.445 e. The van der Waals surface area contributed by atoms with Crippen molar-refractivity contribution in [1.82, 2.24) is 15.5 Å². The van der Waals surface area contributed by atoms with Crippen molar-refractivity contribution in [3.8, 4) is 0 Å². The third-order valence-electron chi connectivity index (χ3n) is 2.14. The molecule has 1 aliphatic rings. The fourth-order valence-corrected chi connectivity index (χ4v) is 1.93. The summed E-state index contributed by atoms with van der Waals surface area (Å²) in [6.07, 6.45) is -4.55. The molecule has 1 aromatic rings. The highest BCUT2D eigenvalue weighted by Gasteiger charge is 2.36. The van der Waals surface area contributed by atoms with E-state index in [0.717, 1.165) is 0 Å². The highest BCUT2D eigenvalue weighted by molar-refractivity contribution is 7.15. The molecule has 1 atom stereocenters. The summed E-state index contributed by atoms with van der Waals surface area (Å²) in [5.41, 5.74) is 0. The average molecular weight is 319 g/mol. The summed E-state index contributed by atoms with van der Waals surface area (Å²) in [5, 5.41) is 10.1. The maximum atomic E-state index is 12.3. The molecule has 2 heterocycles.